The fourth-order valence-electron chi connectivity index (χ4n) is 3.72. The first-order valence-corrected chi connectivity index (χ1v) is 9.53. The zero-order chi connectivity index (χ0) is 19.8. The van der Waals surface area contributed by atoms with Crippen molar-refractivity contribution in [3.05, 3.63) is 42.0 Å². The van der Waals surface area contributed by atoms with Crippen LogP contribution in [0.3, 0.4) is 0 Å². The monoisotopic (exact) mass is 396 g/mol. The smallest absolute Gasteiger partial charge is 0.231 e. The number of nitrogens with zero attached hydrogens (tertiary/aromatic N) is 1. The number of rotatable bonds is 4. The van der Waals surface area contributed by atoms with Gasteiger partial charge in [-0.3, -0.25) is 9.59 Å². The van der Waals surface area contributed by atoms with Gasteiger partial charge in [-0.2, -0.15) is 0 Å². The molecule has 8 heteroatoms. The SMILES string of the molecule is O=C(NCc1ccc2c(c1)OCO2)[C@@H]1CC(=O)N(c2ccc3c(c2)OCCO3)C1. The van der Waals surface area contributed by atoms with Crippen LogP contribution in [0.1, 0.15) is 12.0 Å². The first-order chi connectivity index (χ1) is 14.2. The standard InChI is InChI=1S/C21H20N2O6/c24-20-8-14(11-23(20)15-2-4-16-19(9-15)27-6-5-26-16)21(25)22-10-13-1-3-17-18(7-13)29-12-28-17/h1-4,7,9,14H,5-6,8,10-12H2,(H,22,25)/t14-/m1/s1. The Morgan fingerprint density at radius 1 is 0.966 bits per heavy atom. The Bertz CT molecular complexity index is 976. The number of carbonyl (C=O) groups excluding carboxylic acids is 2. The van der Waals surface area contributed by atoms with E-state index in [4.69, 9.17) is 18.9 Å². The molecule has 0 radical (unpaired) electrons. The van der Waals surface area contributed by atoms with Crippen molar-refractivity contribution in [1.82, 2.24) is 5.32 Å². The minimum Gasteiger partial charge on any atom is -0.486 e. The molecule has 3 heterocycles. The second-order valence-corrected chi connectivity index (χ2v) is 7.14. The molecule has 1 atom stereocenters. The third-order valence-electron chi connectivity index (χ3n) is 5.24. The van der Waals surface area contributed by atoms with Crippen molar-refractivity contribution in [2.75, 3.05) is 31.5 Å². The van der Waals surface area contributed by atoms with Crippen LogP contribution in [0.5, 0.6) is 23.0 Å². The molecule has 0 aromatic heterocycles. The highest BCUT2D eigenvalue weighted by Crippen LogP contribution is 2.36. The van der Waals surface area contributed by atoms with Crippen LogP contribution in [-0.2, 0) is 16.1 Å². The van der Waals surface area contributed by atoms with Gasteiger partial charge < -0.3 is 29.2 Å². The van der Waals surface area contributed by atoms with Crippen LogP contribution in [0.2, 0.25) is 0 Å². The van der Waals surface area contributed by atoms with Gasteiger partial charge in [0, 0.05) is 31.3 Å². The largest absolute Gasteiger partial charge is 0.486 e. The Kier molecular flexibility index (Phi) is 4.38. The number of nitrogens with one attached hydrogen (secondary N) is 1. The van der Waals surface area contributed by atoms with Gasteiger partial charge in [0.1, 0.15) is 13.2 Å². The highest BCUT2D eigenvalue weighted by atomic mass is 16.7. The normalized spacial score (nSPS) is 19.4. The van der Waals surface area contributed by atoms with E-state index >= 15 is 0 Å². The van der Waals surface area contributed by atoms with Crippen molar-refractivity contribution >= 4 is 17.5 Å². The Morgan fingerprint density at radius 2 is 1.69 bits per heavy atom. The Balaban J connectivity index is 1.22. The molecule has 1 fully saturated rings. The average Bonchev–Trinajstić information content (AvgIpc) is 3.37. The van der Waals surface area contributed by atoms with E-state index in [1.807, 2.05) is 24.3 Å². The summed E-state index contributed by atoms with van der Waals surface area (Å²) in [5.74, 6) is 2.06. The molecule has 29 heavy (non-hydrogen) atoms. The highest BCUT2D eigenvalue weighted by molar-refractivity contribution is 6.00. The van der Waals surface area contributed by atoms with Crippen molar-refractivity contribution in [3.8, 4) is 23.0 Å². The maximum atomic E-state index is 12.6. The predicted molar refractivity (Wildman–Crippen MR) is 102 cm³/mol. The summed E-state index contributed by atoms with van der Waals surface area (Å²) < 4.78 is 21.8. The lowest BCUT2D eigenvalue weighted by Gasteiger charge is -2.22. The minimum atomic E-state index is -0.398. The number of carbonyl (C=O) groups is 2. The summed E-state index contributed by atoms with van der Waals surface area (Å²) in [5.41, 5.74) is 1.63. The maximum absolute atomic E-state index is 12.6. The molecule has 3 aliphatic rings. The molecule has 0 unspecified atom stereocenters. The molecular formula is C21H20N2O6. The van der Waals surface area contributed by atoms with E-state index in [1.54, 1.807) is 17.0 Å². The second kappa shape index (κ2) is 7.20. The first kappa shape index (κ1) is 17.7. The van der Waals surface area contributed by atoms with E-state index in [2.05, 4.69) is 5.32 Å². The zero-order valence-electron chi connectivity index (χ0n) is 15.7. The maximum Gasteiger partial charge on any atom is 0.231 e. The summed E-state index contributed by atoms with van der Waals surface area (Å²) in [7, 11) is 0. The fourth-order valence-corrected chi connectivity index (χ4v) is 3.72. The van der Waals surface area contributed by atoms with Crippen LogP contribution in [-0.4, -0.2) is 38.4 Å². The molecule has 2 amide bonds. The molecule has 8 nitrogen and oxygen atoms in total. The average molecular weight is 396 g/mol. The quantitative estimate of drug-likeness (QED) is 0.849. The fraction of sp³-hybridized carbons (Fsp3) is 0.333. The Morgan fingerprint density at radius 3 is 2.59 bits per heavy atom. The van der Waals surface area contributed by atoms with Crippen molar-refractivity contribution in [3.63, 3.8) is 0 Å². The Labute approximate surface area is 167 Å². The van der Waals surface area contributed by atoms with Crippen LogP contribution < -0.4 is 29.2 Å². The third kappa shape index (κ3) is 3.41. The lowest BCUT2D eigenvalue weighted by molar-refractivity contribution is -0.126. The van der Waals surface area contributed by atoms with Crippen molar-refractivity contribution < 1.29 is 28.5 Å². The summed E-state index contributed by atoms with van der Waals surface area (Å²) in [6, 6.07) is 11.0. The Hall–Kier alpha value is -3.42. The van der Waals surface area contributed by atoms with Crippen LogP contribution >= 0.6 is 0 Å². The zero-order valence-corrected chi connectivity index (χ0v) is 15.7. The van der Waals surface area contributed by atoms with E-state index in [0.717, 1.165) is 5.56 Å². The summed E-state index contributed by atoms with van der Waals surface area (Å²) in [5, 5.41) is 2.92. The molecule has 2 aromatic rings. The number of anilines is 1. The number of hydrogen-bond donors (Lipinski definition) is 1. The molecule has 1 saturated heterocycles. The van der Waals surface area contributed by atoms with E-state index in [1.165, 1.54) is 0 Å². The summed E-state index contributed by atoms with van der Waals surface area (Å²) in [6.07, 6.45) is 0.182. The van der Waals surface area contributed by atoms with E-state index in [9.17, 15) is 9.59 Å². The van der Waals surface area contributed by atoms with Crippen LogP contribution in [0.25, 0.3) is 0 Å². The van der Waals surface area contributed by atoms with Crippen LogP contribution in [0.15, 0.2) is 36.4 Å². The van der Waals surface area contributed by atoms with Gasteiger partial charge in [0.05, 0.1) is 5.92 Å². The number of hydrogen-bond acceptors (Lipinski definition) is 6. The molecule has 0 aliphatic carbocycles. The molecule has 0 saturated carbocycles. The number of fused-ring (bicyclic) bond motifs is 2. The van der Waals surface area contributed by atoms with Gasteiger partial charge >= 0.3 is 0 Å². The lowest BCUT2D eigenvalue weighted by Crippen LogP contribution is -2.32. The third-order valence-corrected chi connectivity index (χ3v) is 5.24. The molecule has 3 aliphatic heterocycles. The van der Waals surface area contributed by atoms with Gasteiger partial charge in [-0.1, -0.05) is 6.07 Å². The van der Waals surface area contributed by atoms with E-state index < -0.39 is 5.92 Å². The van der Waals surface area contributed by atoms with Crippen molar-refractivity contribution in [2.45, 2.75) is 13.0 Å². The van der Waals surface area contributed by atoms with Gasteiger partial charge in [0.15, 0.2) is 23.0 Å². The lowest BCUT2D eigenvalue weighted by atomic mass is 10.1. The molecule has 5 rings (SSSR count). The van der Waals surface area contributed by atoms with E-state index in [-0.39, 0.29) is 25.0 Å². The summed E-state index contributed by atoms with van der Waals surface area (Å²) in [4.78, 5) is 26.7. The first-order valence-electron chi connectivity index (χ1n) is 9.53. The topological polar surface area (TPSA) is 86.3 Å². The summed E-state index contributed by atoms with van der Waals surface area (Å²) >= 11 is 0. The number of benzene rings is 2. The molecule has 2 aromatic carbocycles. The highest BCUT2D eigenvalue weighted by Gasteiger charge is 2.35. The van der Waals surface area contributed by atoms with Gasteiger partial charge in [0.25, 0.3) is 0 Å². The van der Waals surface area contributed by atoms with Crippen LogP contribution in [0.4, 0.5) is 5.69 Å². The van der Waals surface area contributed by atoms with Gasteiger partial charge in [0.2, 0.25) is 18.6 Å². The van der Waals surface area contributed by atoms with Gasteiger partial charge in [-0.25, -0.2) is 0 Å². The molecule has 0 bridgehead atoms. The predicted octanol–water partition coefficient (Wildman–Crippen LogP) is 1.86. The van der Waals surface area contributed by atoms with Gasteiger partial charge in [-0.05, 0) is 29.8 Å². The molecular weight excluding hydrogens is 376 g/mol. The molecule has 1 N–H and O–H groups in total. The van der Waals surface area contributed by atoms with Crippen molar-refractivity contribution in [1.29, 1.82) is 0 Å². The number of amides is 2. The van der Waals surface area contributed by atoms with E-state index in [0.29, 0.717) is 55.0 Å². The number of ether oxygens (including phenoxy) is 4. The van der Waals surface area contributed by atoms with Crippen molar-refractivity contribution in [2.24, 2.45) is 5.92 Å². The minimum absolute atomic E-state index is 0.0788. The van der Waals surface area contributed by atoms with Gasteiger partial charge in [-0.15, -0.1) is 0 Å². The second-order valence-electron chi connectivity index (χ2n) is 7.14. The molecule has 0 spiro atoms. The van der Waals surface area contributed by atoms with Crippen LogP contribution in [0, 0.1) is 5.92 Å². The molecule has 150 valence electrons. The summed E-state index contributed by atoms with van der Waals surface area (Å²) in [6.45, 7) is 1.91.